The predicted octanol–water partition coefficient (Wildman–Crippen LogP) is 6.54. The van der Waals surface area contributed by atoms with Crippen molar-refractivity contribution in [1.29, 1.82) is 0 Å². The van der Waals surface area contributed by atoms with E-state index >= 15 is 0 Å². The summed E-state index contributed by atoms with van der Waals surface area (Å²) < 4.78 is 57.5. The van der Waals surface area contributed by atoms with Gasteiger partial charge in [0.15, 0.2) is 0 Å². The highest BCUT2D eigenvalue weighted by atomic mass is 19.4. The lowest BCUT2D eigenvalue weighted by Crippen LogP contribution is -2.51. The Hall–Kier alpha value is -4.78. The van der Waals surface area contributed by atoms with E-state index in [1.165, 1.54) is 18.3 Å². The summed E-state index contributed by atoms with van der Waals surface area (Å²) in [6, 6.07) is 20.8. The van der Waals surface area contributed by atoms with Crippen LogP contribution in [0.4, 0.5) is 24.7 Å². The summed E-state index contributed by atoms with van der Waals surface area (Å²) in [4.78, 5) is 19.1. The molecule has 6 rings (SSSR count). The fourth-order valence-corrected chi connectivity index (χ4v) is 5.59. The first-order valence-electron chi connectivity index (χ1n) is 14.6. The fourth-order valence-electron chi connectivity index (χ4n) is 5.59. The van der Waals surface area contributed by atoms with Crippen molar-refractivity contribution < 1.29 is 32.3 Å². The zero-order valence-electron chi connectivity index (χ0n) is 24.5. The monoisotopic (exact) mass is 623 g/mol. The van der Waals surface area contributed by atoms with Crippen molar-refractivity contribution >= 4 is 11.5 Å². The van der Waals surface area contributed by atoms with Gasteiger partial charge in [0.25, 0.3) is 0 Å². The molecule has 1 aromatic heterocycles. The molecule has 10 nitrogen and oxygen atoms in total. The molecule has 236 valence electrons. The standard InChI is InChI=1S/C32H32F3N5O5/c1-22-18-37(19-23-2-8-27(9-3-23)44-28-10-4-24(5-11-28)32(33,34)35)16-17-39(22)25-6-12-26(13-7-25)43-21-29-14-15-38-20-30(40(41)42)36-31(38)45-29/h2-13,20,22,29H,14-19,21H2,1H3/t22-,29?/m1/s1. The molecule has 0 spiro atoms. The number of imidazole rings is 1. The van der Waals surface area contributed by atoms with E-state index in [0.717, 1.165) is 55.3 Å². The van der Waals surface area contributed by atoms with Gasteiger partial charge in [0.1, 0.15) is 36.2 Å². The lowest BCUT2D eigenvalue weighted by Gasteiger charge is -2.41. The molecule has 1 unspecified atom stereocenters. The van der Waals surface area contributed by atoms with Crippen LogP contribution in [-0.2, 0) is 19.3 Å². The van der Waals surface area contributed by atoms with Crippen molar-refractivity contribution in [1.82, 2.24) is 14.5 Å². The molecule has 0 saturated carbocycles. The molecule has 45 heavy (non-hydrogen) atoms. The maximum absolute atomic E-state index is 12.8. The topological polar surface area (TPSA) is 95.1 Å². The van der Waals surface area contributed by atoms with Crippen LogP contribution in [0.1, 0.15) is 24.5 Å². The summed E-state index contributed by atoms with van der Waals surface area (Å²) in [5.74, 6) is 1.41. The lowest BCUT2D eigenvalue weighted by molar-refractivity contribution is -0.389. The van der Waals surface area contributed by atoms with Crippen LogP contribution < -0.4 is 19.1 Å². The van der Waals surface area contributed by atoms with E-state index in [1.54, 1.807) is 4.57 Å². The Kier molecular flexibility index (Phi) is 8.52. The Bertz CT molecular complexity index is 1610. The second-order valence-corrected chi connectivity index (χ2v) is 11.2. The number of nitro groups is 1. The second kappa shape index (κ2) is 12.7. The van der Waals surface area contributed by atoms with E-state index in [4.69, 9.17) is 14.2 Å². The Labute approximate surface area is 257 Å². The zero-order chi connectivity index (χ0) is 31.6. The largest absolute Gasteiger partial charge is 0.490 e. The number of nitrogens with zero attached hydrogens (tertiary/aromatic N) is 5. The average molecular weight is 624 g/mol. The number of fused-ring (bicyclic) bond motifs is 1. The number of hydrogen-bond acceptors (Lipinski definition) is 8. The summed E-state index contributed by atoms with van der Waals surface area (Å²) in [5.41, 5.74) is 1.53. The van der Waals surface area contributed by atoms with E-state index in [-0.39, 0.29) is 24.0 Å². The van der Waals surface area contributed by atoms with E-state index in [0.29, 0.717) is 31.1 Å². The predicted molar refractivity (Wildman–Crippen MR) is 160 cm³/mol. The lowest BCUT2D eigenvalue weighted by atomic mass is 10.1. The minimum Gasteiger partial charge on any atom is -0.490 e. The molecule has 0 amide bonds. The molecule has 3 heterocycles. The number of aromatic nitrogens is 2. The van der Waals surface area contributed by atoms with Crippen LogP contribution >= 0.6 is 0 Å². The van der Waals surface area contributed by atoms with Gasteiger partial charge < -0.3 is 29.2 Å². The molecule has 0 radical (unpaired) electrons. The van der Waals surface area contributed by atoms with E-state index < -0.39 is 16.7 Å². The van der Waals surface area contributed by atoms with Gasteiger partial charge in [-0.1, -0.05) is 12.1 Å². The summed E-state index contributed by atoms with van der Waals surface area (Å²) in [7, 11) is 0. The van der Waals surface area contributed by atoms with Crippen molar-refractivity contribution in [3.8, 4) is 23.3 Å². The van der Waals surface area contributed by atoms with Crippen LogP contribution in [0.2, 0.25) is 0 Å². The van der Waals surface area contributed by atoms with Gasteiger partial charge >= 0.3 is 18.0 Å². The number of hydrogen-bond donors (Lipinski definition) is 0. The van der Waals surface area contributed by atoms with Crippen molar-refractivity contribution in [3.05, 3.63) is 100 Å². The van der Waals surface area contributed by atoms with Crippen LogP contribution in [0.15, 0.2) is 79.0 Å². The third kappa shape index (κ3) is 7.31. The highest BCUT2D eigenvalue weighted by molar-refractivity contribution is 5.50. The molecule has 3 aromatic carbocycles. The van der Waals surface area contributed by atoms with Crippen molar-refractivity contribution in [2.45, 2.75) is 44.8 Å². The highest BCUT2D eigenvalue weighted by Gasteiger charge is 2.30. The van der Waals surface area contributed by atoms with Gasteiger partial charge in [-0.25, -0.2) is 0 Å². The number of benzene rings is 3. The molecular weight excluding hydrogens is 591 g/mol. The number of aryl methyl sites for hydroxylation is 1. The van der Waals surface area contributed by atoms with Crippen LogP contribution in [-0.4, -0.2) is 57.8 Å². The van der Waals surface area contributed by atoms with Crippen LogP contribution in [0, 0.1) is 10.1 Å². The van der Waals surface area contributed by atoms with Crippen LogP contribution in [0.3, 0.4) is 0 Å². The maximum Gasteiger partial charge on any atom is 0.416 e. The van der Waals surface area contributed by atoms with Crippen LogP contribution in [0.25, 0.3) is 0 Å². The average Bonchev–Trinajstić information content (AvgIpc) is 3.46. The summed E-state index contributed by atoms with van der Waals surface area (Å²) in [5, 5.41) is 11.0. The molecule has 1 fully saturated rings. The Balaban J connectivity index is 0.958. The quantitative estimate of drug-likeness (QED) is 0.153. The molecule has 13 heteroatoms. The zero-order valence-corrected chi connectivity index (χ0v) is 24.5. The molecule has 0 aliphatic carbocycles. The summed E-state index contributed by atoms with van der Waals surface area (Å²) in [6.45, 7) is 6.52. The third-order valence-corrected chi connectivity index (χ3v) is 7.94. The Morgan fingerprint density at radius 2 is 1.62 bits per heavy atom. The number of anilines is 1. The highest BCUT2D eigenvalue weighted by Crippen LogP contribution is 2.32. The van der Waals surface area contributed by atoms with Gasteiger partial charge in [-0.2, -0.15) is 13.2 Å². The fraction of sp³-hybridized carbons (Fsp3) is 0.344. The summed E-state index contributed by atoms with van der Waals surface area (Å²) in [6.07, 6.45) is -2.56. The van der Waals surface area contributed by atoms with Gasteiger partial charge in [0.05, 0.1) is 5.56 Å². The number of halogens is 3. The first-order chi connectivity index (χ1) is 21.6. The van der Waals surface area contributed by atoms with Gasteiger partial charge in [-0.3, -0.25) is 9.47 Å². The molecule has 4 aromatic rings. The second-order valence-electron chi connectivity index (χ2n) is 11.2. The van der Waals surface area contributed by atoms with Gasteiger partial charge in [0, 0.05) is 55.9 Å². The first-order valence-corrected chi connectivity index (χ1v) is 14.6. The molecule has 2 aliphatic heterocycles. The molecule has 0 N–H and O–H groups in total. The summed E-state index contributed by atoms with van der Waals surface area (Å²) >= 11 is 0. The molecule has 2 aliphatic rings. The normalized spacial score (nSPS) is 18.6. The smallest absolute Gasteiger partial charge is 0.416 e. The minimum atomic E-state index is -4.38. The maximum atomic E-state index is 12.8. The number of ether oxygens (including phenoxy) is 3. The van der Waals surface area contributed by atoms with Crippen molar-refractivity contribution in [2.75, 3.05) is 31.1 Å². The number of alkyl halides is 3. The number of piperazine rings is 1. The van der Waals surface area contributed by atoms with Crippen molar-refractivity contribution in [2.24, 2.45) is 0 Å². The third-order valence-electron chi connectivity index (χ3n) is 7.94. The van der Waals surface area contributed by atoms with Crippen LogP contribution in [0.5, 0.6) is 23.3 Å². The molecule has 0 bridgehead atoms. The Morgan fingerprint density at radius 3 is 2.27 bits per heavy atom. The first kappa shape index (κ1) is 30.3. The van der Waals surface area contributed by atoms with E-state index in [9.17, 15) is 23.3 Å². The minimum absolute atomic E-state index is 0.224. The SMILES string of the molecule is C[C@@H]1CN(Cc2ccc(Oc3ccc(C(F)(F)F)cc3)cc2)CCN1c1ccc(OCC2CCn3cc([N+](=O)[O-])nc3O2)cc1. The van der Waals surface area contributed by atoms with Crippen molar-refractivity contribution in [3.63, 3.8) is 0 Å². The van der Waals surface area contributed by atoms with E-state index in [2.05, 4.69) is 33.8 Å². The van der Waals surface area contributed by atoms with Gasteiger partial charge in [-0.05, 0) is 78.1 Å². The van der Waals surface area contributed by atoms with E-state index in [1.807, 2.05) is 36.4 Å². The molecular formula is C32H32F3N5O5. The molecule has 2 atom stereocenters. The molecule has 1 saturated heterocycles. The Morgan fingerprint density at radius 1 is 0.956 bits per heavy atom. The number of rotatable bonds is 9. The van der Waals surface area contributed by atoms with Gasteiger partial charge in [-0.15, -0.1) is 0 Å². The van der Waals surface area contributed by atoms with Gasteiger partial charge in [0.2, 0.25) is 0 Å².